The predicted molar refractivity (Wildman–Crippen MR) is 83.7 cm³/mol. The molecule has 0 aliphatic carbocycles. The van der Waals surface area contributed by atoms with Gasteiger partial charge in [0.2, 0.25) is 0 Å². The summed E-state index contributed by atoms with van der Waals surface area (Å²) >= 11 is 1.65. The highest BCUT2D eigenvalue weighted by Gasteiger charge is 2.31. The third-order valence-electron chi connectivity index (χ3n) is 3.72. The van der Waals surface area contributed by atoms with Gasteiger partial charge in [0, 0.05) is 12.1 Å². The Morgan fingerprint density at radius 1 is 1.33 bits per heavy atom. The minimum Gasteiger partial charge on any atom is -0.488 e. The van der Waals surface area contributed by atoms with Crippen LogP contribution >= 0.6 is 11.3 Å². The van der Waals surface area contributed by atoms with Crippen molar-refractivity contribution in [2.24, 2.45) is 0 Å². The highest BCUT2D eigenvalue weighted by atomic mass is 32.1. The minimum absolute atomic E-state index is 0.0592. The molecule has 0 radical (unpaired) electrons. The molecule has 0 saturated carbocycles. The van der Waals surface area contributed by atoms with Crippen molar-refractivity contribution in [1.82, 2.24) is 10.6 Å². The van der Waals surface area contributed by atoms with Crippen molar-refractivity contribution in [3.63, 3.8) is 0 Å². The Hall–Kier alpha value is -2.01. The van der Waals surface area contributed by atoms with E-state index in [0.717, 1.165) is 16.9 Å². The van der Waals surface area contributed by atoms with Crippen LogP contribution < -0.4 is 15.4 Å². The van der Waals surface area contributed by atoms with Crippen molar-refractivity contribution in [1.29, 1.82) is 0 Å². The van der Waals surface area contributed by atoms with Gasteiger partial charge in [0.25, 0.3) is 0 Å². The molecule has 0 spiro atoms. The van der Waals surface area contributed by atoms with Crippen molar-refractivity contribution in [3.05, 3.63) is 51.7 Å². The largest absolute Gasteiger partial charge is 0.488 e. The molecular weight excluding hydrogens is 284 g/mol. The number of benzene rings is 1. The number of hydrogen-bond donors (Lipinski definition) is 2. The van der Waals surface area contributed by atoms with Gasteiger partial charge in [-0.2, -0.15) is 11.3 Å². The number of thiophene rings is 1. The fraction of sp³-hybridized carbons (Fsp3) is 0.312. The van der Waals surface area contributed by atoms with Crippen LogP contribution in [0.2, 0.25) is 0 Å². The molecule has 4 nitrogen and oxygen atoms in total. The summed E-state index contributed by atoms with van der Waals surface area (Å²) in [6, 6.07) is 7.55. The van der Waals surface area contributed by atoms with Crippen LogP contribution in [0.5, 0.6) is 5.75 Å². The van der Waals surface area contributed by atoms with Gasteiger partial charge in [-0.25, -0.2) is 4.79 Å². The van der Waals surface area contributed by atoms with E-state index in [9.17, 15) is 4.79 Å². The lowest BCUT2D eigenvalue weighted by Crippen LogP contribution is -2.40. The SMILES string of the molecule is Cc1cscc1CNC(=O)NC1c2ccccc2OC1C. The third kappa shape index (κ3) is 2.88. The number of ether oxygens (including phenoxy) is 1. The van der Waals surface area contributed by atoms with E-state index in [1.54, 1.807) is 11.3 Å². The zero-order valence-electron chi connectivity index (χ0n) is 12.1. The Balaban J connectivity index is 1.61. The van der Waals surface area contributed by atoms with E-state index >= 15 is 0 Å². The van der Waals surface area contributed by atoms with Gasteiger partial charge in [-0.15, -0.1) is 0 Å². The van der Waals surface area contributed by atoms with Crippen molar-refractivity contribution >= 4 is 17.4 Å². The maximum Gasteiger partial charge on any atom is 0.315 e. The van der Waals surface area contributed by atoms with Crippen LogP contribution in [-0.2, 0) is 6.54 Å². The van der Waals surface area contributed by atoms with Gasteiger partial charge in [0.15, 0.2) is 0 Å². The molecule has 2 atom stereocenters. The van der Waals surface area contributed by atoms with Gasteiger partial charge >= 0.3 is 6.03 Å². The second-order valence-corrected chi connectivity index (χ2v) is 5.99. The average molecular weight is 302 g/mol. The van der Waals surface area contributed by atoms with Crippen LogP contribution in [0.4, 0.5) is 4.79 Å². The van der Waals surface area contributed by atoms with Gasteiger partial charge in [0.1, 0.15) is 11.9 Å². The number of carbonyl (C=O) groups excluding carboxylic acids is 1. The van der Waals surface area contributed by atoms with Crippen molar-refractivity contribution in [2.75, 3.05) is 0 Å². The number of amides is 2. The molecule has 2 aromatic rings. The Labute approximate surface area is 128 Å². The van der Waals surface area contributed by atoms with Crippen LogP contribution in [0.1, 0.15) is 29.7 Å². The van der Waals surface area contributed by atoms with Gasteiger partial charge in [-0.1, -0.05) is 18.2 Å². The van der Waals surface area contributed by atoms with Crippen LogP contribution in [-0.4, -0.2) is 12.1 Å². The van der Waals surface area contributed by atoms with Crippen LogP contribution in [0.25, 0.3) is 0 Å². The minimum atomic E-state index is -0.169. The maximum absolute atomic E-state index is 12.1. The smallest absolute Gasteiger partial charge is 0.315 e. The zero-order valence-corrected chi connectivity index (χ0v) is 12.9. The Morgan fingerprint density at radius 3 is 2.90 bits per heavy atom. The second-order valence-electron chi connectivity index (χ2n) is 5.25. The molecule has 2 amide bonds. The van der Waals surface area contributed by atoms with Crippen molar-refractivity contribution in [3.8, 4) is 5.75 Å². The number of rotatable bonds is 3. The van der Waals surface area contributed by atoms with E-state index in [1.807, 2.05) is 31.2 Å². The molecular formula is C16H18N2O2S. The summed E-state index contributed by atoms with van der Waals surface area (Å²) in [5, 5.41) is 10.0. The average Bonchev–Trinajstić information content (AvgIpc) is 3.01. The summed E-state index contributed by atoms with van der Waals surface area (Å²) in [6.07, 6.45) is -0.0592. The lowest BCUT2D eigenvalue weighted by Gasteiger charge is -2.17. The number of aryl methyl sites for hydroxylation is 1. The van der Waals surface area contributed by atoms with Gasteiger partial charge < -0.3 is 15.4 Å². The van der Waals surface area contributed by atoms with Crippen molar-refractivity contribution < 1.29 is 9.53 Å². The van der Waals surface area contributed by atoms with E-state index in [1.165, 1.54) is 5.56 Å². The number of carbonyl (C=O) groups is 1. The zero-order chi connectivity index (χ0) is 14.8. The fourth-order valence-electron chi connectivity index (χ4n) is 2.50. The van der Waals surface area contributed by atoms with E-state index in [-0.39, 0.29) is 18.2 Å². The summed E-state index contributed by atoms with van der Waals surface area (Å²) in [6.45, 7) is 4.56. The maximum atomic E-state index is 12.1. The standard InChI is InChI=1S/C16H18N2O2S/c1-10-8-21-9-12(10)7-17-16(19)18-15-11(2)20-14-6-4-3-5-13(14)15/h3-6,8-9,11,15H,7H2,1-2H3,(H2,17,18,19). The molecule has 110 valence electrons. The quantitative estimate of drug-likeness (QED) is 0.913. The lowest BCUT2D eigenvalue weighted by atomic mass is 10.1. The summed E-state index contributed by atoms with van der Waals surface area (Å²) in [5.74, 6) is 0.851. The van der Waals surface area contributed by atoms with E-state index in [2.05, 4.69) is 28.3 Å². The fourth-order valence-corrected chi connectivity index (χ4v) is 3.35. The molecule has 3 rings (SSSR count). The first-order valence-electron chi connectivity index (χ1n) is 6.97. The highest BCUT2D eigenvalue weighted by molar-refractivity contribution is 7.08. The first-order valence-corrected chi connectivity index (χ1v) is 7.91. The Kier molecular flexibility index (Phi) is 3.84. The lowest BCUT2D eigenvalue weighted by molar-refractivity contribution is 0.199. The van der Waals surface area contributed by atoms with Crippen LogP contribution in [0.15, 0.2) is 35.0 Å². The number of urea groups is 1. The van der Waals surface area contributed by atoms with E-state index in [4.69, 9.17) is 4.74 Å². The first kappa shape index (κ1) is 13.9. The first-order chi connectivity index (χ1) is 10.1. The summed E-state index contributed by atoms with van der Waals surface area (Å²) in [7, 11) is 0. The van der Waals surface area contributed by atoms with E-state index < -0.39 is 0 Å². The van der Waals surface area contributed by atoms with Crippen molar-refractivity contribution in [2.45, 2.75) is 32.5 Å². The molecule has 2 N–H and O–H groups in total. The second kappa shape index (κ2) is 5.77. The van der Waals surface area contributed by atoms with Gasteiger partial charge in [-0.05, 0) is 41.8 Å². The van der Waals surface area contributed by atoms with Gasteiger partial charge in [0.05, 0.1) is 6.04 Å². The topological polar surface area (TPSA) is 50.4 Å². The molecule has 5 heteroatoms. The number of nitrogens with one attached hydrogen (secondary N) is 2. The molecule has 2 unspecified atom stereocenters. The molecule has 1 aromatic carbocycles. The molecule has 21 heavy (non-hydrogen) atoms. The van der Waals surface area contributed by atoms with Crippen LogP contribution in [0.3, 0.4) is 0 Å². The Morgan fingerprint density at radius 2 is 2.14 bits per heavy atom. The highest BCUT2D eigenvalue weighted by Crippen LogP contribution is 2.35. The van der Waals surface area contributed by atoms with Gasteiger partial charge in [-0.3, -0.25) is 0 Å². The third-order valence-corrected chi connectivity index (χ3v) is 4.63. The molecule has 1 aliphatic rings. The summed E-state index contributed by atoms with van der Waals surface area (Å²) in [5.41, 5.74) is 3.40. The van der Waals surface area contributed by atoms with E-state index in [0.29, 0.717) is 6.54 Å². The number of fused-ring (bicyclic) bond motifs is 1. The summed E-state index contributed by atoms with van der Waals surface area (Å²) in [4.78, 5) is 12.1. The molecule has 2 heterocycles. The predicted octanol–water partition coefficient (Wildman–Crippen LogP) is 3.38. The normalized spacial score (nSPS) is 19.7. The number of hydrogen-bond acceptors (Lipinski definition) is 3. The number of para-hydroxylation sites is 1. The summed E-state index contributed by atoms with van der Waals surface area (Å²) < 4.78 is 5.75. The monoisotopic (exact) mass is 302 g/mol. The molecule has 1 aromatic heterocycles. The van der Waals surface area contributed by atoms with Crippen LogP contribution in [0, 0.1) is 6.92 Å². The Bertz CT molecular complexity index is 653. The molecule has 1 aliphatic heterocycles. The molecule has 0 saturated heterocycles. The molecule has 0 fully saturated rings. The molecule has 0 bridgehead atoms.